The van der Waals surface area contributed by atoms with Gasteiger partial charge in [0, 0.05) is 6.54 Å². The quantitative estimate of drug-likeness (QED) is 0.769. The summed E-state index contributed by atoms with van der Waals surface area (Å²) in [5, 5.41) is 8.76. The van der Waals surface area contributed by atoms with Crippen LogP contribution in [-0.4, -0.2) is 38.0 Å². The summed E-state index contributed by atoms with van der Waals surface area (Å²) in [7, 11) is -3.89. The van der Waals surface area contributed by atoms with Gasteiger partial charge in [0.25, 0.3) is 0 Å². The number of sulfonamides is 1. The molecule has 5 nitrogen and oxygen atoms in total. The second-order valence-corrected chi connectivity index (χ2v) is 7.94. The van der Waals surface area contributed by atoms with E-state index in [1.54, 1.807) is 11.8 Å². The van der Waals surface area contributed by atoms with Gasteiger partial charge in [-0.25, -0.2) is 17.9 Å². The van der Waals surface area contributed by atoms with Gasteiger partial charge < -0.3 is 5.11 Å². The number of hydrogen-bond acceptors (Lipinski definition) is 4. The van der Waals surface area contributed by atoms with E-state index in [1.165, 1.54) is 0 Å². The summed E-state index contributed by atoms with van der Waals surface area (Å²) in [5.74, 6) is -0.374. The Morgan fingerprint density at radius 3 is 2.52 bits per heavy atom. The standard InChI is InChI=1S/C12H15Cl2NO4S2/c1-7(6-20-2)5-15-21(18,19)11-3-8(12(16)17)9(13)4-10(11)14/h3-4,7,15H,5-6H2,1-2H3,(H,16,17). The van der Waals surface area contributed by atoms with Gasteiger partial charge in [-0.1, -0.05) is 30.1 Å². The maximum absolute atomic E-state index is 12.2. The van der Waals surface area contributed by atoms with Gasteiger partial charge >= 0.3 is 5.97 Å². The molecule has 1 atom stereocenters. The van der Waals surface area contributed by atoms with Crippen molar-refractivity contribution in [2.24, 2.45) is 5.92 Å². The number of nitrogens with one attached hydrogen (secondary N) is 1. The first kappa shape index (κ1) is 18.6. The highest BCUT2D eigenvalue weighted by atomic mass is 35.5. The largest absolute Gasteiger partial charge is 0.478 e. The number of carboxylic acid groups (broad SMARTS) is 1. The lowest BCUT2D eigenvalue weighted by Crippen LogP contribution is -2.29. The van der Waals surface area contributed by atoms with Crippen LogP contribution in [0.25, 0.3) is 0 Å². The van der Waals surface area contributed by atoms with Gasteiger partial charge in [0.1, 0.15) is 4.90 Å². The molecule has 0 aliphatic heterocycles. The minimum absolute atomic E-state index is 0.109. The maximum atomic E-state index is 12.2. The normalized spacial score (nSPS) is 13.1. The summed E-state index contributed by atoms with van der Waals surface area (Å²) in [5.41, 5.74) is -0.307. The van der Waals surface area contributed by atoms with E-state index in [1.807, 2.05) is 13.2 Å². The lowest BCUT2D eigenvalue weighted by molar-refractivity contribution is 0.0697. The Morgan fingerprint density at radius 1 is 1.38 bits per heavy atom. The zero-order chi connectivity index (χ0) is 16.2. The van der Waals surface area contributed by atoms with E-state index in [2.05, 4.69) is 4.72 Å². The molecule has 0 amide bonds. The molecule has 0 aliphatic rings. The minimum atomic E-state index is -3.89. The van der Waals surface area contributed by atoms with Crippen LogP contribution in [-0.2, 0) is 10.0 Å². The van der Waals surface area contributed by atoms with E-state index in [0.29, 0.717) is 0 Å². The molecule has 1 rings (SSSR count). The molecule has 0 saturated carbocycles. The van der Waals surface area contributed by atoms with E-state index in [-0.39, 0.29) is 33.0 Å². The molecule has 0 saturated heterocycles. The van der Waals surface area contributed by atoms with Crippen LogP contribution in [0.5, 0.6) is 0 Å². The second kappa shape index (κ2) is 7.69. The predicted octanol–water partition coefficient (Wildman–Crippen LogP) is 2.97. The van der Waals surface area contributed by atoms with Gasteiger partial charge in [-0.05, 0) is 30.1 Å². The van der Waals surface area contributed by atoms with Crippen LogP contribution in [0.4, 0.5) is 0 Å². The number of rotatable bonds is 7. The minimum Gasteiger partial charge on any atom is -0.478 e. The third kappa shape index (κ3) is 5.03. The molecule has 0 aromatic heterocycles. The summed E-state index contributed by atoms with van der Waals surface area (Å²) in [6, 6.07) is 2.08. The van der Waals surface area contributed by atoms with Crippen molar-refractivity contribution in [3.8, 4) is 0 Å². The van der Waals surface area contributed by atoms with Crippen LogP contribution in [0.1, 0.15) is 17.3 Å². The summed E-state index contributed by atoms with van der Waals surface area (Å²) in [6.45, 7) is 2.15. The van der Waals surface area contributed by atoms with E-state index in [0.717, 1.165) is 17.9 Å². The Kier molecular flexibility index (Phi) is 6.80. The van der Waals surface area contributed by atoms with Gasteiger partial charge in [-0.2, -0.15) is 11.8 Å². The molecule has 0 fully saturated rings. The van der Waals surface area contributed by atoms with E-state index in [9.17, 15) is 13.2 Å². The Labute approximate surface area is 138 Å². The zero-order valence-electron chi connectivity index (χ0n) is 11.4. The van der Waals surface area contributed by atoms with Crippen molar-refractivity contribution in [1.29, 1.82) is 0 Å². The monoisotopic (exact) mass is 371 g/mol. The zero-order valence-corrected chi connectivity index (χ0v) is 14.5. The average molecular weight is 372 g/mol. The smallest absolute Gasteiger partial charge is 0.337 e. The summed E-state index contributed by atoms with van der Waals surface area (Å²) < 4.78 is 26.8. The third-order valence-electron chi connectivity index (χ3n) is 2.61. The first-order valence-corrected chi connectivity index (χ1v) is 9.53. The molecule has 118 valence electrons. The van der Waals surface area contributed by atoms with Gasteiger partial charge in [-0.15, -0.1) is 0 Å². The number of aromatic carboxylic acids is 1. The summed E-state index contributed by atoms with van der Waals surface area (Å²) >= 11 is 13.2. The number of hydrogen-bond donors (Lipinski definition) is 2. The molecule has 0 spiro atoms. The Hall–Kier alpha value is -0.470. The van der Waals surface area contributed by atoms with Crippen LogP contribution in [0.15, 0.2) is 17.0 Å². The molecule has 0 bridgehead atoms. The first-order valence-electron chi connectivity index (χ1n) is 5.90. The van der Waals surface area contributed by atoms with Crippen molar-refractivity contribution in [3.05, 3.63) is 27.7 Å². The number of carbonyl (C=O) groups is 1. The molecule has 2 N–H and O–H groups in total. The second-order valence-electron chi connectivity index (χ2n) is 4.48. The Morgan fingerprint density at radius 2 is 2.00 bits per heavy atom. The highest BCUT2D eigenvalue weighted by molar-refractivity contribution is 7.98. The molecular formula is C12H15Cl2NO4S2. The fourth-order valence-electron chi connectivity index (χ4n) is 1.57. The number of benzene rings is 1. The lowest BCUT2D eigenvalue weighted by Gasteiger charge is -2.13. The molecule has 0 radical (unpaired) electrons. The van der Waals surface area contributed by atoms with Crippen LogP contribution >= 0.6 is 35.0 Å². The van der Waals surface area contributed by atoms with Crippen molar-refractivity contribution in [2.45, 2.75) is 11.8 Å². The molecule has 9 heteroatoms. The molecule has 21 heavy (non-hydrogen) atoms. The van der Waals surface area contributed by atoms with Gasteiger partial charge in [0.05, 0.1) is 15.6 Å². The lowest BCUT2D eigenvalue weighted by atomic mass is 10.2. The van der Waals surface area contributed by atoms with Gasteiger partial charge in [0.2, 0.25) is 10.0 Å². The molecule has 1 unspecified atom stereocenters. The van der Waals surface area contributed by atoms with Crippen LogP contribution < -0.4 is 4.72 Å². The van der Waals surface area contributed by atoms with Crippen molar-refractivity contribution in [1.82, 2.24) is 4.72 Å². The van der Waals surface area contributed by atoms with Crippen LogP contribution in [0.3, 0.4) is 0 Å². The van der Waals surface area contributed by atoms with E-state index < -0.39 is 16.0 Å². The maximum Gasteiger partial charge on any atom is 0.337 e. The summed E-state index contributed by atoms with van der Waals surface area (Å²) in [6.07, 6.45) is 1.93. The Balaban J connectivity index is 3.08. The highest BCUT2D eigenvalue weighted by Crippen LogP contribution is 2.28. The third-order valence-corrected chi connectivity index (χ3v) is 5.72. The first-order chi connectivity index (χ1) is 9.69. The van der Waals surface area contributed by atoms with Crippen molar-refractivity contribution >= 4 is 51.0 Å². The molecule has 1 aromatic rings. The van der Waals surface area contributed by atoms with Crippen LogP contribution in [0.2, 0.25) is 10.0 Å². The molecule has 0 aliphatic carbocycles. The summed E-state index contributed by atoms with van der Waals surface area (Å²) in [4.78, 5) is 10.7. The number of halogens is 2. The number of thioether (sulfide) groups is 1. The van der Waals surface area contributed by atoms with Crippen molar-refractivity contribution < 1.29 is 18.3 Å². The van der Waals surface area contributed by atoms with Crippen molar-refractivity contribution in [3.63, 3.8) is 0 Å². The fraction of sp³-hybridized carbons (Fsp3) is 0.417. The van der Waals surface area contributed by atoms with E-state index in [4.69, 9.17) is 28.3 Å². The van der Waals surface area contributed by atoms with E-state index >= 15 is 0 Å². The Bertz CT molecular complexity index is 634. The predicted molar refractivity (Wildman–Crippen MR) is 86.2 cm³/mol. The average Bonchev–Trinajstić information content (AvgIpc) is 2.36. The topological polar surface area (TPSA) is 83.5 Å². The SMILES string of the molecule is CSCC(C)CNS(=O)(=O)c1cc(C(=O)O)c(Cl)cc1Cl. The highest BCUT2D eigenvalue weighted by Gasteiger charge is 2.22. The molecule has 0 heterocycles. The fourth-order valence-corrected chi connectivity index (χ4v) is 4.28. The number of carboxylic acids is 1. The molecule has 1 aromatic carbocycles. The van der Waals surface area contributed by atoms with Gasteiger partial charge in [-0.3, -0.25) is 0 Å². The van der Waals surface area contributed by atoms with Crippen LogP contribution in [0, 0.1) is 5.92 Å². The van der Waals surface area contributed by atoms with Gasteiger partial charge in [0.15, 0.2) is 0 Å². The molecular weight excluding hydrogens is 357 g/mol. The van der Waals surface area contributed by atoms with Crippen molar-refractivity contribution in [2.75, 3.05) is 18.6 Å².